The first-order valence-corrected chi connectivity index (χ1v) is 7.13. The molecule has 0 aliphatic rings. The Balaban J connectivity index is 2.64. The van der Waals surface area contributed by atoms with E-state index in [9.17, 15) is 9.18 Å². The molecule has 2 N–H and O–H groups in total. The van der Waals surface area contributed by atoms with Crippen LogP contribution in [0.25, 0.3) is 10.4 Å². The molecule has 20 heavy (non-hydrogen) atoms. The molecule has 0 amide bonds. The van der Waals surface area contributed by atoms with E-state index >= 15 is 0 Å². The van der Waals surface area contributed by atoms with E-state index in [0.717, 1.165) is 16.9 Å². The van der Waals surface area contributed by atoms with Crippen molar-refractivity contribution in [2.24, 2.45) is 0 Å². The van der Waals surface area contributed by atoms with Crippen LogP contribution in [0.1, 0.15) is 22.2 Å². The number of carbonyl (C=O) groups excluding carboxylic acids is 1. The number of esters is 1. The summed E-state index contributed by atoms with van der Waals surface area (Å²) in [5.74, 6) is -0.951. The van der Waals surface area contributed by atoms with Crippen LogP contribution in [-0.4, -0.2) is 13.1 Å². The van der Waals surface area contributed by atoms with Gasteiger partial charge in [-0.15, -0.1) is 11.3 Å². The lowest BCUT2D eigenvalue weighted by Gasteiger charge is -2.04. The molecule has 0 unspecified atom stereocenters. The second kappa shape index (κ2) is 5.81. The first-order chi connectivity index (χ1) is 9.49. The summed E-state index contributed by atoms with van der Waals surface area (Å²) in [6.45, 7) is 1.90. The summed E-state index contributed by atoms with van der Waals surface area (Å²) in [5.41, 5.74) is 7.46. The van der Waals surface area contributed by atoms with Crippen LogP contribution in [0, 0.1) is 5.82 Å². The highest BCUT2D eigenvalue weighted by atomic mass is 35.5. The Morgan fingerprint density at radius 3 is 2.75 bits per heavy atom. The molecule has 106 valence electrons. The minimum atomic E-state index is -0.511. The average Bonchev–Trinajstić information content (AvgIpc) is 2.74. The number of benzene rings is 1. The van der Waals surface area contributed by atoms with Gasteiger partial charge in [0, 0.05) is 15.5 Å². The Labute approximate surface area is 125 Å². The van der Waals surface area contributed by atoms with Crippen LogP contribution in [0.2, 0.25) is 5.02 Å². The third-order valence-corrected chi connectivity index (χ3v) is 4.44. The van der Waals surface area contributed by atoms with Crippen LogP contribution in [0.5, 0.6) is 0 Å². The molecule has 1 aromatic carbocycles. The van der Waals surface area contributed by atoms with Crippen LogP contribution >= 0.6 is 22.9 Å². The number of hydrogen-bond donors (Lipinski definition) is 1. The van der Waals surface area contributed by atoms with Crippen molar-refractivity contribution in [3.05, 3.63) is 39.5 Å². The minimum Gasteiger partial charge on any atom is -0.465 e. The number of thiophene rings is 1. The Morgan fingerprint density at radius 2 is 2.20 bits per heavy atom. The Hall–Kier alpha value is -1.59. The topological polar surface area (TPSA) is 52.3 Å². The summed E-state index contributed by atoms with van der Waals surface area (Å²) in [6.07, 6.45) is 0.594. The zero-order valence-electron chi connectivity index (χ0n) is 11.0. The molecule has 0 spiro atoms. The van der Waals surface area contributed by atoms with Crippen molar-refractivity contribution < 1.29 is 13.9 Å². The molecule has 0 bridgehead atoms. The Bertz CT molecular complexity index is 669. The molecule has 0 fully saturated rings. The van der Waals surface area contributed by atoms with E-state index in [2.05, 4.69) is 0 Å². The average molecular weight is 314 g/mol. The normalized spacial score (nSPS) is 10.6. The summed E-state index contributed by atoms with van der Waals surface area (Å²) in [4.78, 5) is 12.6. The number of rotatable bonds is 3. The van der Waals surface area contributed by atoms with Gasteiger partial charge in [0.15, 0.2) is 0 Å². The molecule has 0 aliphatic carbocycles. The number of methoxy groups -OCH3 is 1. The molecule has 6 heteroatoms. The van der Waals surface area contributed by atoms with Crippen LogP contribution in [0.15, 0.2) is 18.2 Å². The Kier molecular flexibility index (Phi) is 4.30. The van der Waals surface area contributed by atoms with Gasteiger partial charge in [0.1, 0.15) is 10.7 Å². The quantitative estimate of drug-likeness (QED) is 0.866. The van der Waals surface area contributed by atoms with E-state index in [1.807, 2.05) is 6.92 Å². The largest absolute Gasteiger partial charge is 0.465 e. The lowest BCUT2D eigenvalue weighted by Crippen LogP contribution is -2.02. The first-order valence-electron chi connectivity index (χ1n) is 5.94. The fraction of sp³-hybridized carbons (Fsp3) is 0.214. The lowest BCUT2D eigenvalue weighted by molar-refractivity contribution is 0.0607. The molecule has 1 heterocycles. The molecule has 0 saturated heterocycles. The summed E-state index contributed by atoms with van der Waals surface area (Å²) in [6, 6.07) is 4.43. The van der Waals surface area contributed by atoms with Gasteiger partial charge >= 0.3 is 5.97 Å². The standard InChI is InChI=1S/C14H13ClFNO2S/c1-3-8-11(17)13(14(18)19-2)20-12(8)9-5-4-7(15)6-10(9)16/h4-6H,3,17H2,1-2H3. The van der Waals surface area contributed by atoms with Gasteiger partial charge in [-0.2, -0.15) is 0 Å². The third-order valence-electron chi connectivity index (χ3n) is 2.95. The van der Waals surface area contributed by atoms with Crippen molar-refractivity contribution in [3.8, 4) is 10.4 Å². The smallest absolute Gasteiger partial charge is 0.350 e. The molecule has 0 radical (unpaired) electrons. The second-order valence-corrected chi connectivity index (χ2v) is 5.58. The number of nitrogen functional groups attached to an aromatic ring is 1. The molecule has 0 aliphatic heterocycles. The van der Waals surface area contributed by atoms with Crippen LogP contribution in [-0.2, 0) is 11.2 Å². The van der Waals surface area contributed by atoms with Crippen molar-refractivity contribution in [1.29, 1.82) is 0 Å². The van der Waals surface area contributed by atoms with Crippen LogP contribution in [0.3, 0.4) is 0 Å². The molecule has 0 saturated carbocycles. The molecule has 1 aromatic heterocycles. The van der Waals surface area contributed by atoms with Gasteiger partial charge in [-0.3, -0.25) is 0 Å². The van der Waals surface area contributed by atoms with E-state index in [4.69, 9.17) is 22.1 Å². The molecular formula is C14H13ClFNO2S. The van der Waals surface area contributed by atoms with E-state index in [0.29, 0.717) is 32.4 Å². The van der Waals surface area contributed by atoms with Crippen LogP contribution < -0.4 is 5.73 Å². The van der Waals surface area contributed by atoms with Crippen molar-refractivity contribution in [3.63, 3.8) is 0 Å². The highest BCUT2D eigenvalue weighted by Gasteiger charge is 2.22. The zero-order chi connectivity index (χ0) is 14.9. The highest BCUT2D eigenvalue weighted by molar-refractivity contribution is 7.18. The maximum absolute atomic E-state index is 14.0. The van der Waals surface area contributed by atoms with Gasteiger partial charge in [-0.05, 0) is 30.2 Å². The van der Waals surface area contributed by atoms with Crippen molar-refractivity contribution in [2.45, 2.75) is 13.3 Å². The number of carbonyl (C=O) groups is 1. The maximum Gasteiger partial charge on any atom is 0.350 e. The van der Waals surface area contributed by atoms with Gasteiger partial charge in [-0.1, -0.05) is 18.5 Å². The predicted octanol–water partition coefficient (Wildman–Crippen LogP) is 4.14. The lowest BCUT2D eigenvalue weighted by atomic mass is 10.1. The van der Waals surface area contributed by atoms with Gasteiger partial charge in [0.25, 0.3) is 0 Å². The second-order valence-electron chi connectivity index (χ2n) is 4.12. The molecule has 2 rings (SSSR count). The monoisotopic (exact) mass is 313 g/mol. The van der Waals surface area contributed by atoms with Gasteiger partial charge in [0.2, 0.25) is 0 Å². The van der Waals surface area contributed by atoms with E-state index in [1.54, 1.807) is 12.1 Å². The van der Waals surface area contributed by atoms with E-state index in [1.165, 1.54) is 13.2 Å². The van der Waals surface area contributed by atoms with Gasteiger partial charge in [0.05, 0.1) is 12.8 Å². The molecule has 2 aromatic rings. The maximum atomic E-state index is 14.0. The van der Waals surface area contributed by atoms with Gasteiger partial charge in [-0.25, -0.2) is 9.18 Å². The molecular weight excluding hydrogens is 301 g/mol. The van der Waals surface area contributed by atoms with Crippen molar-refractivity contribution in [2.75, 3.05) is 12.8 Å². The van der Waals surface area contributed by atoms with E-state index in [-0.39, 0.29) is 0 Å². The Morgan fingerprint density at radius 1 is 1.50 bits per heavy atom. The van der Waals surface area contributed by atoms with E-state index < -0.39 is 11.8 Å². The fourth-order valence-electron chi connectivity index (χ4n) is 1.96. The summed E-state index contributed by atoms with van der Waals surface area (Å²) in [7, 11) is 1.29. The number of ether oxygens (including phenoxy) is 1. The number of halogens is 2. The zero-order valence-corrected chi connectivity index (χ0v) is 12.6. The third kappa shape index (κ3) is 2.51. The SMILES string of the molecule is CCc1c(-c2ccc(Cl)cc2F)sc(C(=O)OC)c1N. The minimum absolute atomic E-state index is 0.300. The number of hydrogen-bond acceptors (Lipinski definition) is 4. The fourth-order valence-corrected chi connectivity index (χ4v) is 3.38. The molecule has 3 nitrogen and oxygen atoms in total. The number of anilines is 1. The summed E-state index contributed by atoms with van der Waals surface area (Å²) < 4.78 is 18.7. The summed E-state index contributed by atoms with van der Waals surface area (Å²) in [5, 5.41) is 0.321. The molecule has 0 atom stereocenters. The van der Waals surface area contributed by atoms with Crippen molar-refractivity contribution in [1.82, 2.24) is 0 Å². The predicted molar refractivity (Wildman–Crippen MR) is 79.9 cm³/mol. The van der Waals surface area contributed by atoms with Gasteiger partial charge < -0.3 is 10.5 Å². The first kappa shape index (κ1) is 14.8. The highest BCUT2D eigenvalue weighted by Crippen LogP contribution is 2.40. The summed E-state index contributed by atoms with van der Waals surface area (Å²) >= 11 is 6.89. The number of nitrogens with two attached hydrogens (primary N) is 1. The van der Waals surface area contributed by atoms with Crippen LogP contribution in [0.4, 0.5) is 10.1 Å². The van der Waals surface area contributed by atoms with Crippen molar-refractivity contribution >= 4 is 34.6 Å².